The molecular formula is C24H23FN4O3. The lowest BCUT2D eigenvalue weighted by Crippen LogP contribution is -2.23. The van der Waals surface area contributed by atoms with E-state index >= 15 is 0 Å². The van der Waals surface area contributed by atoms with E-state index in [4.69, 9.17) is 9.15 Å². The largest absolute Gasteiger partial charge is 0.497 e. The minimum atomic E-state index is -0.372. The van der Waals surface area contributed by atoms with E-state index in [9.17, 15) is 9.18 Å². The number of carbonyl (C=O) groups excluding carboxylic acids is 1. The summed E-state index contributed by atoms with van der Waals surface area (Å²) in [6, 6.07) is 12.3. The van der Waals surface area contributed by atoms with Crippen LogP contribution in [0.3, 0.4) is 0 Å². The summed E-state index contributed by atoms with van der Waals surface area (Å²) in [4.78, 5) is 20.6. The summed E-state index contributed by atoms with van der Waals surface area (Å²) in [5.41, 5.74) is 1.98. The molecule has 7 nitrogen and oxygen atoms in total. The van der Waals surface area contributed by atoms with Gasteiger partial charge in [-0.1, -0.05) is 6.07 Å². The first-order valence-electron chi connectivity index (χ1n) is 10.2. The first-order chi connectivity index (χ1) is 15.5. The Hall–Kier alpha value is -3.94. The van der Waals surface area contributed by atoms with Crippen molar-refractivity contribution < 1.29 is 18.3 Å². The number of carbonyl (C=O) groups is 1. The van der Waals surface area contributed by atoms with Crippen LogP contribution in [-0.2, 0) is 17.8 Å². The van der Waals surface area contributed by atoms with E-state index in [1.54, 1.807) is 49.3 Å². The number of methoxy groups -OCH3 is 1. The third-order valence-electron chi connectivity index (χ3n) is 5.08. The van der Waals surface area contributed by atoms with E-state index in [0.29, 0.717) is 35.1 Å². The van der Waals surface area contributed by atoms with Gasteiger partial charge in [0.05, 0.1) is 19.0 Å². The molecule has 1 amide bonds. The zero-order valence-corrected chi connectivity index (χ0v) is 17.8. The van der Waals surface area contributed by atoms with Crippen molar-refractivity contribution in [3.05, 3.63) is 84.2 Å². The number of hydrogen-bond acceptors (Lipinski definition) is 5. The number of hydrogen-bond donors (Lipinski definition) is 1. The monoisotopic (exact) mass is 434 g/mol. The molecule has 0 unspecified atom stereocenters. The van der Waals surface area contributed by atoms with Crippen LogP contribution in [0.1, 0.15) is 23.7 Å². The second-order valence-electron chi connectivity index (χ2n) is 7.25. The number of halogens is 1. The molecule has 32 heavy (non-hydrogen) atoms. The predicted molar refractivity (Wildman–Crippen MR) is 117 cm³/mol. The fourth-order valence-corrected chi connectivity index (χ4v) is 3.31. The number of nitrogens with one attached hydrogen (secondary N) is 1. The Labute approximate surface area is 184 Å². The maximum absolute atomic E-state index is 14.5. The Morgan fingerprint density at radius 1 is 1.19 bits per heavy atom. The molecule has 0 saturated carbocycles. The molecule has 4 aromatic rings. The molecule has 0 saturated heterocycles. The van der Waals surface area contributed by atoms with Gasteiger partial charge in [-0.25, -0.2) is 14.4 Å². The Kier molecular flexibility index (Phi) is 6.30. The van der Waals surface area contributed by atoms with Crippen LogP contribution in [0.4, 0.5) is 4.39 Å². The molecule has 0 aliphatic carbocycles. The quantitative estimate of drug-likeness (QED) is 0.449. The number of benzene rings is 2. The summed E-state index contributed by atoms with van der Waals surface area (Å²) in [6.45, 7) is 2.04. The smallest absolute Gasteiger partial charge is 0.220 e. The van der Waals surface area contributed by atoms with Crippen LogP contribution >= 0.6 is 0 Å². The number of oxazole rings is 1. The topological polar surface area (TPSA) is 82.2 Å². The van der Waals surface area contributed by atoms with Crippen molar-refractivity contribution in [1.82, 2.24) is 19.9 Å². The molecule has 0 aliphatic heterocycles. The second kappa shape index (κ2) is 9.47. The third kappa shape index (κ3) is 4.85. The summed E-state index contributed by atoms with van der Waals surface area (Å²) < 4.78 is 27.0. The highest BCUT2D eigenvalue weighted by molar-refractivity contribution is 5.76. The van der Waals surface area contributed by atoms with Crippen LogP contribution in [0.2, 0.25) is 0 Å². The summed E-state index contributed by atoms with van der Waals surface area (Å²) in [6.07, 6.45) is 5.56. The maximum atomic E-state index is 14.5. The van der Waals surface area contributed by atoms with Crippen LogP contribution in [0.25, 0.3) is 17.0 Å². The first-order valence-corrected chi connectivity index (χ1v) is 10.2. The molecule has 8 heteroatoms. The Morgan fingerprint density at radius 3 is 2.69 bits per heavy atom. The number of aromatic nitrogens is 3. The van der Waals surface area contributed by atoms with E-state index in [2.05, 4.69) is 15.3 Å². The van der Waals surface area contributed by atoms with Gasteiger partial charge in [-0.3, -0.25) is 4.79 Å². The molecule has 2 aromatic carbocycles. The molecule has 0 atom stereocenters. The van der Waals surface area contributed by atoms with Crippen LogP contribution in [-0.4, -0.2) is 27.6 Å². The normalized spacial score (nSPS) is 10.8. The van der Waals surface area contributed by atoms with Gasteiger partial charge in [0, 0.05) is 37.3 Å². The maximum Gasteiger partial charge on any atom is 0.220 e. The Morgan fingerprint density at radius 2 is 2.00 bits per heavy atom. The molecule has 0 fully saturated rings. The highest BCUT2D eigenvalue weighted by atomic mass is 19.1. The molecule has 2 heterocycles. The SMILES string of the molecule is COc1ccc(-c2cnc(CCC(=O)NCc3ccc(-n4ccnc4C)c(F)c3)o2)cc1. The van der Waals surface area contributed by atoms with Crippen molar-refractivity contribution in [2.75, 3.05) is 7.11 Å². The Balaban J connectivity index is 1.29. The number of imidazole rings is 1. The van der Waals surface area contributed by atoms with Gasteiger partial charge >= 0.3 is 0 Å². The number of amides is 1. The van der Waals surface area contributed by atoms with Gasteiger partial charge in [-0.05, 0) is 48.9 Å². The third-order valence-corrected chi connectivity index (χ3v) is 5.08. The summed E-state index contributed by atoms with van der Waals surface area (Å²) >= 11 is 0. The van der Waals surface area contributed by atoms with Gasteiger partial charge in [0.2, 0.25) is 5.91 Å². The fourth-order valence-electron chi connectivity index (χ4n) is 3.31. The lowest BCUT2D eigenvalue weighted by Gasteiger charge is -2.09. The van der Waals surface area contributed by atoms with Crippen LogP contribution in [0.5, 0.6) is 5.75 Å². The lowest BCUT2D eigenvalue weighted by atomic mass is 10.2. The van der Waals surface area contributed by atoms with E-state index in [0.717, 1.165) is 11.3 Å². The van der Waals surface area contributed by atoms with Crippen molar-refractivity contribution in [2.45, 2.75) is 26.3 Å². The highest BCUT2D eigenvalue weighted by Crippen LogP contribution is 2.23. The summed E-state index contributed by atoms with van der Waals surface area (Å²) in [5.74, 6) is 2.04. The molecule has 4 rings (SSSR count). The zero-order chi connectivity index (χ0) is 22.5. The molecule has 0 spiro atoms. The minimum Gasteiger partial charge on any atom is -0.497 e. The van der Waals surface area contributed by atoms with Gasteiger partial charge in [0.25, 0.3) is 0 Å². The van der Waals surface area contributed by atoms with Gasteiger partial charge in [-0.15, -0.1) is 0 Å². The minimum absolute atomic E-state index is 0.163. The van der Waals surface area contributed by atoms with Gasteiger partial charge in [-0.2, -0.15) is 0 Å². The van der Waals surface area contributed by atoms with Gasteiger partial charge in [0.15, 0.2) is 11.7 Å². The van der Waals surface area contributed by atoms with E-state index < -0.39 is 0 Å². The van der Waals surface area contributed by atoms with Gasteiger partial charge in [0.1, 0.15) is 17.4 Å². The number of ether oxygens (including phenoxy) is 1. The molecule has 2 aromatic heterocycles. The molecule has 0 bridgehead atoms. The zero-order valence-electron chi connectivity index (χ0n) is 17.8. The van der Waals surface area contributed by atoms with E-state index in [1.165, 1.54) is 6.07 Å². The van der Waals surface area contributed by atoms with Crippen molar-refractivity contribution >= 4 is 5.91 Å². The van der Waals surface area contributed by atoms with Gasteiger partial charge < -0.3 is 19.0 Å². The highest BCUT2D eigenvalue weighted by Gasteiger charge is 2.11. The van der Waals surface area contributed by atoms with E-state index in [1.807, 2.05) is 24.3 Å². The Bertz CT molecular complexity index is 1210. The number of rotatable bonds is 8. The molecule has 0 aliphatic rings. The molecule has 1 N–H and O–H groups in total. The van der Waals surface area contributed by atoms with Crippen LogP contribution < -0.4 is 10.1 Å². The van der Waals surface area contributed by atoms with E-state index in [-0.39, 0.29) is 24.7 Å². The predicted octanol–water partition coefficient (Wildman–Crippen LogP) is 4.23. The first kappa shape index (κ1) is 21.3. The van der Waals surface area contributed by atoms with Crippen molar-refractivity contribution in [3.63, 3.8) is 0 Å². The number of nitrogens with zero attached hydrogens (tertiary/aromatic N) is 3. The van der Waals surface area contributed by atoms with Crippen LogP contribution in [0, 0.1) is 12.7 Å². The molecule has 164 valence electrons. The molecule has 0 radical (unpaired) electrons. The average Bonchev–Trinajstić information content (AvgIpc) is 3.45. The van der Waals surface area contributed by atoms with Crippen molar-refractivity contribution in [1.29, 1.82) is 0 Å². The second-order valence-corrected chi connectivity index (χ2v) is 7.25. The summed E-state index contributed by atoms with van der Waals surface area (Å²) in [5, 5.41) is 2.81. The standard InChI is InChI=1S/C24H23FN4O3/c1-16-26-11-12-29(16)21-8-3-17(13-20(21)25)14-27-23(30)9-10-24-28-15-22(32-24)18-4-6-19(31-2)7-5-18/h3-8,11-13,15H,9-10,14H2,1-2H3,(H,27,30). The summed E-state index contributed by atoms with van der Waals surface area (Å²) in [7, 11) is 1.61. The fraction of sp³-hybridized carbons (Fsp3) is 0.208. The average molecular weight is 434 g/mol. The number of aryl methyl sites for hydroxylation is 2. The van der Waals surface area contributed by atoms with Crippen LogP contribution in [0.15, 0.2) is 65.5 Å². The van der Waals surface area contributed by atoms with Crippen molar-refractivity contribution in [2.24, 2.45) is 0 Å². The lowest BCUT2D eigenvalue weighted by molar-refractivity contribution is -0.121. The molecular weight excluding hydrogens is 411 g/mol. The van der Waals surface area contributed by atoms with Crippen molar-refractivity contribution in [3.8, 4) is 22.8 Å².